The molecule has 0 spiro atoms. The Labute approximate surface area is 196 Å². The van der Waals surface area contributed by atoms with Gasteiger partial charge in [0.15, 0.2) is 5.82 Å². The Kier molecular flexibility index (Phi) is 6.50. The first-order valence-electron chi connectivity index (χ1n) is 10.1. The van der Waals surface area contributed by atoms with E-state index in [0.29, 0.717) is 46.2 Å². The molecule has 0 fully saturated rings. The van der Waals surface area contributed by atoms with Crippen molar-refractivity contribution in [3.8, 4) is 17.3 Å². The molecule has 3 heterocycles. The fraction of sp³-hybridized carbons (Fsp3) is 0.136. The summed E-state index contributed by atoms with van der Waals surface area (Å²) in [6.45, 7) is 1.91. The number of hydrogen-bond acceptors (Lipinski definition) is 10. The highest BCUT2D eigenvalue weighted by molar-refractivity contribution is 7.92. The van der Waals surface area contributed by atoms with Crippen LogP contribution in [0.15, 0.2) is 60.9 Å². The van der Waals surface area contributed by atoms with E-state index in [2.05, 4.69) is 40.3 Å². The Morgan fingerprint density at radius 2 is 1.65 bits per heavy atom. The van der Waals surface area contributed by atoms with Crippen LogP contribution in [0.2, 0.25) is 0 Å². The van der Waals surface area contributed by atoms with E-state index in [-0.39, 0.29) is 0 Å². The molecule has 0 aliphatic heterocycles. The molecule has 0 atom stereocenters. The van der Waals surface area contributed by atoms with Gasteiger partial charge in [0.2, 0.25) is 16.0 Å². The molecule has 3 N–H and O–H groups in total. The number of benzene rings is 1. The van der Waals surface area contributed by atoms with Crippen molar-refractivity contribution in [2.75, 3.05) is 28.7 Å². The summed E-state index contributed by atoms with van der Waals surface area (Å²) in [5.74, 6) is 2.24. The molecule has 34 heavy (non-hydrogen) atoms. The maximum Gasteiger partial charge on any atom is 0.229 e. The summed E-state index contributed by atoms with van der Waals surface area (Å²) >= 11 is 0. The number of nitrogens with one attached hydrogen (secondary N) is 3. The standard InChI is InChI=1S/C22H22N8O3S/c1-14-5-4-6-17(25-14)21-23-11-9-19(28-21)27-20-10-12-24-22(29-20)26-15-7-8-16(18(13-15)33-2)30-34(3,31)32/h4-13,30H,1-3H3,(H2,23,24,26,27,28,29). The van der Waals surface area contributed by atoms with Crippen molar-refractivity contribution in [1.82, 2.24) is 24.9 Å². The Morgan fingerprint density at radius 3 is 2.38 bits per heavy atom. The highest BCUT2D eigenvalue weighted by Crippen LogP contribution is 2.29. The van der Waals surface area contributed by atoms with E-state index in [1.807, 2.05) is 25.1 Å². The molecule has 3 aromatic heterocycles. The summed E-state index contributed by atoms with van der Waals surface area (Å²) < 4.78 is 30.8. The largest absolute Gasteiger partial charge is 0.494 e. The summed E-state index contributed by atoms with van der Waals surface area (Å²) in [5, 5.41) is 6.22. The molecular weight excluding hydrogens is 456 g/mol. The molecule has 0 saturated heterocycles. The van der Waals surface area contributed by atoms with E-state index >= 15 is 0 Å². The molecule has 11 nitrogen and oxygen atoms in total. The second-order valence-corrected chi connectivity index (χ2v) is 8.98. The van der Waals surface area contributed by atoms with Crippen LogP contribution < -0.4 is 20.1 Å². The number of hydrogen-bond donors (Lipinski definition) is 3. The van der Waals surface area contributed by atoms with Crippen molar-refractivity contribution in [2.24, 2.45) is 0 Å². The molecule has 0 saturated carbocycles. The van der Waals surface area contributed by atoms with Crippen molar-refractivity contribution >= 4 is 39.0 Å². The molecule has 1 aromatic carbocycles. The van der Waals surface area contributed by atoms with E-state index < -0.39 is 10.0 Å². The van der Waals surface area contributed by atoms with Crippen molar-refractivity contribution in [3.63, 3.8) is 0 Å². The first-order chi connectivity index (χ1) is 16.3. The number of rotatable bonds is 8. The Bertz CT molecular complexity index is 1430. The van der Waals surface area contributed by atoms with Gasteiger partial charge in [-0.3, -0.25) is 4.72 Å². The minimum atomic E-state index is -3.44. The van der Waals surface area contributed by atoms with Gasteiger partial charge in [-0.2, -0.15) is 4.98 Å². The number of anilines is 5. The quantitative estimate of drug-likeness (QED) is 0.344. The van der Waals surface area contributed by atoms with E-state index in [9.17, 15) is 8.42 Å². The van der Waals surface area contributed by atoms with Crippen LogP contribution in [-0.2, 0) is 10.0 Å². The fourth-order valence-corrected chi connectivity index (χ4v) is 3.59. The van der Waals surface area contributed by atoms with Gasteiger partial charge in [-0.1, -0.05) is 6.07 Å². The van der Waals surface area contributed by atoms with Crippen LogP contribution in [0, 0.1) is 6.92 Å². The third-order valence-electron chi connectivity index (χ3n) is 4.44. The predicted molar refractivity (Wildman–Crippen MR) is 130 cm³/mol. The van der Waals surface area contributed by atoms with Gasteiger partial charge in [-0.25, -0.2) is 28.4 Å². The molecule has 0 aliphatic carbocycles. The molecule has 0 radical (unpaired) electrons. The Hall–Kier alpha value is -4.32. The topological polar surface area (TPSA) is 144 Å². The van der Waals surface area contributed by atoms with Gasteiger partial charge in [0, 0.05) is 29.8 Å². The van der Waals surface area contributed by atoms with Crippen LogP contribution in [0.3, 0.4) is 0 Å². The number of pyridine rings is 1. The second-order valence-electron chi connectivity index (χ2n) is 7.23. The summed E-state index contributed by atoms with van der Waals surface area (Å²) in [4.78, 5) is 22.0. The monoisotopic (exact) mass is 478 g/mol. The van der Waals surface area contributed by atoms with Crippen LogP contribution in [0.25, 0.3) is 11.5 Å². The van der Waals surface area contributed by atoms with Gasteiger partial charge in [-0.05, 0) is 43.3 Å². The maximum atomic E-state index is 11.5. The fourth-order valence-electron chi connectivity index (χ4n) is 3.02. The molecule has 4 aromatic rings. The lowest BCUT2D eigenvalue weighted by atomic mass is 10.2. The maximum absolute atomic E-state index is 11.5. The first-order valence-corrected chi connectivity index (χ1v) is 12.0. The molecule has 0 unspecified atom stereocenters. The van der Waals surface area contributed by atoms with Crippen molar-refractivity contribution < 1.29 is 13.2 Å². The van der Waals surface area contributed by atoms with Crippen LogP contribution in [0.4, 0.5) is 29.0 Å². The number of aromatic nitrogens is 5. The summed E-state index contributed by atoms with van der Waals surface area (Å²) in [6.07, 6.45) is 4.31. The van der Waals surface area contributed by atoms with Gasteiger partial charge in [-0.15, -0.1) is 0 Å². The van der Waals surface area contributed by atoms with Gasteiger partial charge in [0.1, 0.15) is 23.1 Å². The molecule has 12 heteroatoms. The van der Waals surface area contributed by atoms with Gasteiger partial charge in [0.05, 0.1) is 19.1 Å². The summed E-state index contributed by atoms with van der Waals surface area (Å²) in [6, 6.07) is 14.0. The third kappa shape index (κ3) is 5.92. The molecular formula is C22H22N8O3S. The Morgan fingerprint density at radius 1 is 0.882 bits per heavy atom. The van der Waals surface area contributed by atoms with Gasteiger partial charge < -0.3 is 15.4 Å². The van der Waals surface area contributed by atoms with Crippen molar-refractivity contribution in [1.29, 1.82) is 0 Å². The van der Waals surface area contributed by atoms with Gasteiger partial charge >= 0.3 is 0 Å². The first kappa shape index (κ1) is 22.9. The minimum absolute atomic E-state index is 0.325. The smallest absolute Gasteiger partial charge is 0.229 e. The normalized spacial score (nSPS) is 11.0. The zero-order valence-electron chi connectivity index (χ0n) is 18.6. The van der Waals surface area contributed by atoms with Crippen LogP contribution in [-0.4, -0.2) is 46.7 Å². The minimum Gasteiger partial charge on any atom is -0.494 e. The number of nitrogens with zero attached hydrogens (tertiary/aromatic N) is 5. The molecule has 174 valence electrons. The third-order valence-corrected chi connectivity index (χ3v) is 5.03. The number of ether oxygens (including phenoxy) is 1. The second kappa shape index (κ2) is 9.67. The van der Waals surface area contributed by atoms with Gasteiger partial charge in [0.25, 0.3) is 0 Å². The summed E-state index contributed by atoms with van der Waals surface area (Å²) in [7, 11) is -1.98. The lowest BCUT2D eigenvalue weighted by Crippen LogP contribution is -2.10. The van der Waals surface area contributed by atoms with Crippen LogP contribution in [0.1, 0.15) is 5.69 Å². The predicted octanol–water partition coefficient (Wildman–Crippen LogP) is 3.50. The van der Waals surface area contributed by atoms with E-state index in [1.54, 1.807) is 42.7 Å². The lowest BCUT2D eigenvalue weighted by molar-refractivity contribution is 0.417. The summed E-state index contributed by atoms with van der Waals surface area (Å²) in [5.41, 5.74) is 2.50. The average molecular weight is 479 g/mol. The van der Waals surface area contributed by atoms with Crippen molar-refractivity contribution in [3.05, 3.63) is 66.6 Å². The number of sulfonamides is 1. The Balaban J connectivity index is 1.51. The molecule has 0 aliphatic rings. The zero-order valence-corrected chi connectivity index (χ0v) is 19.5. The van der Waals surface area contributed by atoms with Crippen LogP contribution in [0.5, 0.6) is 5.75 Å². The van der Waals surface area contributed by atoms with Crippen LogP contribution >= 0.6 is 0 Å². The van der Waals surface area contributed by atoms with E-state index in [1.165, 1.54) is 7.11 Å². The highest BCUT2D eigenvalue weighted by atomic mass is 32.2. The molecule has 4 rings (SSSR count). The lowest BCUT2D eigenvalue weighted by Gasteiger charge is -2.12. The number of aryl methyl sites for hydroxylation is 1. The highest BCUT2D eigenvalue weighted by Gasteiger charge is 2.10. The molecule has 0 bridgehead atoms. The SMILES string of the molecule is COc1cc(Nc2nccc(Nc3ccnc(-c4cccc(C)n4)n3)n2)ccc1NS(C)(=O)=O. The zero-order chi connectivity index (χ0) is 24.1. The van der Waals surface area contributed by atoms with E-state index in [0.717, 1.165) is 11.9 Å². The number of methoxy groups -OCH3 is 1. The molecule has 0 amide bonds. The average Bonchev–Trinajstić information content (AvgIpc) is 2.79. The van der Waals surface area contributed by atoms with Crippen molar-refractivity contribution in [2.45, 2.75) is 6.92 Å². The van der Waals surface area contributed by atoms with E-state index in [4.69, 9.17) is 4.74 Å².